The van der Waals surface area contributed by atoms with E-state index in [9.17, 15) is 13.2 Å². The van der Waals surface area contributed by atoms with Gasteiger partial charge in [0.1, 0.15) is 4.90 Å². The molecule has 0 saturated carbocycles. The maximum Gasteiger partial charge on any atom is 0.262 e. The second-order valence-electron chi connectivity index (χ2n) is 4.21. The predicted molar refractivity (Wildman–Crippen MR) is 82.9 cm³/mol. The Bertz CT molecular complexity index is 634. The normalized spacial score (nSPS) is 13.0. The molecule has 1 rings (SSSR count). The number of rotatable bonds is 6. The summed E-state index contributed by atoms with van der Waals surface area (Å²) in [7, 11) is 2.70. The Morgan fingerprint density at radius 3 is 2.48 bits per heavy atom. The lowest BCUT2D eigenvalue weighted by atomic mass is 10.1. The van der Waals surface area contributed by atoms with E-state index in [0.29, 0.717) is 13.0 Å². The summed E-state index contributed by atoms with van der Waals surface area (Å²) in [5, 5.41) is 2.41. The predicted octanol–water partition coefficient (Wildman–Crippen LogP) is 3.08. The van der Waals surface area contributed by atoms with Gasteiger partial charge in [0, 0.05) is 17.8 Å². The third-order valence-electron chi connectivity index (χ3n) is 2.74. The molecule has 0 aliphatic heterocycles. The van der Waals surface area contributed by atoms with E-state index in [0.717, 1.165) is 6.07 Å². The maximum absolute atomic E-state index is 12.2. The molecule has 5 nitrogen and oxygen atoms in total. The molecule has 0 bridgehead atoms. The maximum atomic E-state index is 12.2. The van der Waals surface area contributed by atoms with Crippen LogP contribution in [0.2, 0.25) is 10.0 Å². The highest BCUT2D eigenvalue weighted by molar-refractivity contribution is 8.13. The lowest BCUT2D eigenvalue weighted by molar-refractivity contribution is 0.0894. The number of ether oxygens (including phenoxy) is 1. The van der Waals surface area contributed by atoms with E-state index in [1.807, 2.05) is 6.92 Å². The number of halogens is 3. The Labute approximate surface area is 137 Å². The first-order valence-electron chi connectivity index (χ1n) is 5.94. The minimum atomic E-state index is -4.07. The first-order valence-corrected chi connectivity index (χ1v) is 9.01. The van der Waals surface area contributed by atoms with Crippen LogP contribution in [0.25, 0.3) is 0 Å². The molecular weight excluding hydrogens is 361 g/mol. The summed E-state index contributed by atoms with van der Waals surface area (Å²) >= 11 is 11.9. The average molecular weight is 375 g/mol. The van der Waals surface area contributed by atoms with Gasteiger partial charge in [0.2, 0.25) is 0 Å². The number of carbonyl (C=O) groups excluding carboxylic acids is 1. The number of hydrogen-bond donors (Lipinski definition) is 1. The van der Waals surface area contributed by atoms with Crippen LogP contribution in [0.3, 0.4) is 0 Å². The fourth-order valence-corrected chi connectivity index (χ4v) is 3.55. The summed E-state index contributed by atoms with van der Waals surface area (Å²) < 4.78 is 27.8. The van der Waals surface area contributed by atoms with Crippen molar-refractivity contribution >= 4 is 48.8 Å². The first-order chi connectivity index (χ1) is 9.72. The molecule has 1 atom stereocenters. The number of methoxy groups -OCH3 is 1. The van der Waals surface area contributed by atoms with Gasteiger partial charge in [-0.15, -0.1) is 0 Å². The van der Waals surface area contributed by atoms with Crippen molar-refractivity contribution < 1.29 is 17.9 Å². The topological polar surface area (TPSA) is 72.5 Å². The van der Waals surface area contributed by atoms with Crippen molar-refractivity contribution in [3.05, 3.63) is 27.7 Å². The van der Waals surface area contributed by atoms with Crippen molar-refractivity contribution in [3.8, 4) is 0 Å². The Morgan fingerprint density at radius 2 is 2.00 bits per heavy atom. The Morgan fingerprint density at radius 1 is 1.38 bits per heavy atom. The molecule has 0 fully saturated rings. The van der Waals surface area contributed by atoms with Crippen LogP contribution in [0.4, 0.5) is 0 Å². The molecule has 0 aliphatic rings. The molecule has 1 unspecified atom stereocenters. The van der Waals surface area contributed by atoms with Crippen LogP contribution in [0, 0.1) is 0 Å². The molecule has 0 aliphatic carbocycles. The monoisotopic (exact) mass is 373 g/mol. The molecule has 1 amide bonds. The van der Waals surface area contributed by atoms with E-state index in [4.69, 9.17) is 38.6 Å². The van der Waals surface area contributed by atoms with Crippen molar-refractivity contribution in [2.45, 2.75) is 24.3 Å². The standard InChI is InChI=1S/C12H14Cl3NO4S/c1-3-7(6-20-2)16-12(17)10-8(13)4-5-9(11(10)14)21(15,18)19/h4-5,7H,3,6H2,1-2H3,(H,16,17). The minimum absolute atomic E-state index is 0.0360. The molecule has 0 spiro atoms. The average Bonchev–Trinajstić information content (AvgIpc) is 2.36. The van der Waals surface area contributed by atoms with Crippen molar-refractivity contribution in [1.29, 1.82) is 0 Å². The molecule has 0 aromatic heterocycles. The van der Waals surface area contributed by atoms with Gasteiger partial charge in [0.15, 0.2) is 0 Å². The fourth-order valence-electron chi connectivity index (χ4n) is 1.65. The Hall–Kier alpha value is -0.530. The first kappa shape index (κ1) is 18.5. The number of benzene rings is 1. The second-order valence-corrected chi connectivity index (χ2v) is 7.53. The van der Waals surface area contributed by atoms with E-state index < -0.39 is 15.0 Å². The largest absolute Gasteiger partial charge is 0.383 e. The van der Waals surface area contributed by atoms with Gasteiger partial charge >= 0.3 is 0 Å². The summed E-state index contributed by atoms with van der Waals surface area (Å²) in [4.78, 5) is 11.9. The van der Waals surface area contributed by atoms with Gasteiger partial charge in [-0.2, -0.15) is 0 Å². The molecule has 0 heterocycles. The second kappa shape index (κ2) is 7.65. The molecule has 9 heteroatoms. The van der Waals surface area contributed by atoms with Crippen LogP contribution in [-0.4, -0.2) is 34.1 Å². The van der Waals surface area contributed by atoms with Gasteiger partial charge in [0.05, 0.1) is 28.3 Å². The fraction of sp³-hybridized carbons (Fsp3) is 0.417. The molecular formula is C12H14Cl3NO4S. The molecule has 21 heavy (non-hydrogen) atoms. The van der Waals surface area contributed by atoms with Gasteiger partial charge in [0.25, 0.3) is 15.0 Å². The van der Waals surface area contributed by atoms with E-state index in [1.165, 1.54) is 13.2 Å². The van der Waals surface area contributed by atoms with Crippen molar-refractivity contribution in [1.82, 2.24) is 5.32 Å². The quantitative estimate of drug-likeness (QED) is 0.777. The number of hydrogen-bond acceptors (Lipinski definition) is 4. The number of nitrogens with one attached hydrogen (secondary N) is 1. The van der Waals surface area contributed by atoms with Crippen LogP contribution < -0.4 is 5.32 Å². The van der Waals surface area contributed by atoms with Crippen LogP contribution in [-0.2, 0) is 13.8 Å². The van der Waals surface area contributed by atoms with Crippen LogP contribution in [0.1, 0.15) is 23.7 Å². The SMILES string of the molecule is CCC(COC)NC(=O)c1c(Cl)ccc(S(=O)(=O)Cl)c1Cl. The third-order valence-corrected chi connectivity index (χ3v) is 4.93. The van der Waals surface area contributed by atoms with Crippen molar-refractivity contribution in [3.63, 3.8) is 0 Å². The van der Waals surface area contributed by atoms with Gasteiger partial charge in [-0.1, -0.05) is 30.1 Å². The highest BCUT2D eigenvalue weighted by atomic mass is 35.7. The molecule has 1 aromatic carbocycles. The van der Waals surface area contributed by atoms with Crippen LogP contribution in [0.5, 0.6) is 0 Å². The van der Waals surface area contributed by atoms with Gasteiger partial charge < -0.3 is 10.1 Å². The molecule has 118 valence electrons. The molecule has 1 N–H and O–H groups in total. The third kappa shape index (κ3) is 4.72. The summed E-state index contributed by atoms with van der Waals surface area (Å²) in [5.41, 5.74) is -0.130. The van der Waals surface area contributed by atoms with Crippen LogP contribution >= 0.6 is 33.9 Å². The van der Waals surface area contributed by atoms with Crippen LogP contribution in [0.15, 0.2) is 17.0 Å². The highest BCUT2D eigenvalue weighted by Gasteiger charge is 2.24. The minimum Gasteiger partial charge on any atom is -0.383 e. The summed E-state index contributed by atoms with van der Waals surface area (Å²) in [6.45, 7) is 2.18. The Kier molecular flexibility index (Phi) is 6.74. The summed E-state index contributed by atoms with van der Waals surface area (Å²) in [5.74, 6) is -0.587. The van der Waals surface area contributed by atoms with Gasteiger partial charge in [-0.05, 0) is 18.6 Å². The molecule has 0 saturated heterocycles. The van der Waals surface area contributed by atoms with E-state index in [-0.39, 0.29) is 26.5 Å². The summed E-state index contributed by atoms with van der Waals surface area (Å²) in [6.07, 6.45) is 0.627. The zero-order chi connectivity index (χ0) is 16.2. The van der Waals surface area contributed by atoms with Crippen molar-refractivity contribution in [2.75, 3.05) is 13.7 Å². The number of amides is 1. The van der Waals surface area contributed by atoms with E-state index in [2.05, 4.69) is 5.32 Å². The van der Waals surface area contributed by atoms with Gasteiger partial charge in [-0.25, -0.2) is 8.42 Å². The van der Waals surface area contributed by atoms with E-state index in [1.54, 1.807) is 0 Å². The lowest BCUT2D eigenvalue weighted by Crippen LogP contribution is -2.37. The Balaban J connectivity index is 3.21. The zero-order valence-corrected chi connectivity index (χ0v) is 14.4. The van der Waals surface area contributed by atoms with Crippen molar-refractivity contribution in [2.24, 2.45) is 0 Å². The highest BCUT2D eigenvalue weighted by Crippen LogP contribution is 2.32. The number of carbonyl (C=O) groups is 1. The lowest BCUT2D eigenvalue weighted by Gasteiger charge is -2.17. The zero-order valence-electron chi connectivity index (χ0n) is 11.3. The summed E-state index contributed by atoms with van der Waals surface area (Å²) in [6, 6.07) is 2.16. The van der Waals surface area contributed by atoms with Gasteiger partial charge in [-0.3, -0.25) is 4.79 Å². The smallest absolute Gasteiger partial charge is 0.262 e. The van der Waals surface area contributed by atoms with E-state index >= 15 is 0 Å². The molecule has 1 aromatic rings. The molecule has 0 radical (unpaired) electrons.